The topological polar surface area (TPSA) is 66.4 Å². The standard InChI is InChI=1S/C14H22ClNO3S/c1-4-10(2)7-11(3)16-20(18,19)13-5-6-14(15)12(8-13)9-17/h5-6,8,10-11,16-17H,4,7,9H2,1-3H3. The molecule has 114 valence electrons. The monoisotopic (exact) mass is 319 g/mol. The highest BCUT2D eigenvalue weighted by molar-refractivity contribution is 7.89. The molecule has 2 unspecified atom stereocenters. The Balaban J connectivity index is 2.88. The molecular formula is C14H22ClNO3S. The van der Waals surface area contributed by atoms with Crippen LogP contribution in [0.15, 0.2) is 23.1 Å². The summed E-state index contributed by atoms with van der Waals surface area (Å²) in [5.41, 5.74) is 0.407. The van der Waals surface area contributed by atoms with Gasteiger partial charge in [0.05, 0.1) is 11.5 Å². The van der Waals surface area contributed by atoms with Gasteiger partial charge in [0, 0.05) is 11.1 Å². The highest BCUT2D eigenvalue weighted by Crippen LogP contribution is 2.21. The van der Waals surface area contributed by atoms with Crippen molar-refractivity contribution < 1.29 is 13.5 Å². The van der Waals surface area contributed by atoms with Crippen LogP contribution < -0.4 is 4.72 Å². The van der Waals surface area contributed by atoms with E-state index in [0.29, 0.717) is 16.5 Å². The minimum Gasteiger partial charge on any atom is -0.392 e. The Morgan fingerprint density at radius 1 is 1.35 bits per heavy atom. The molecule has 0 saturated carbocycles. The van der Waals surface area contributed by atoms with Crippen molar-refractivity contribution in [1.82, 2.24) is 4.72 Å². The average molecular weight is 320 g/mol. The molecule has 1 aromatic rings. The summed E-state index contributed by atoms with van der Waals surface area (Å²) in [6.45, 7) is 5.74. The fourth-order valence-electron chi connectivity index (χ4n) is 1.99. The summed E-state index contributed by atoms with van der Waals surface area (Å²) in [5.74, 6) is 0.464. The highest BCUT2D eigenvalue weighted by atomic mass is 35.5. The number of nitrogens with one attached hydrogen (secondary N) is 1. The van der Waals surface area contributed by atoms with Crippen molar-refractivity contribution in [2.45, 2.75) is 51.2 Å². The quantitative estimate of drug-likeness (QED) is 0.812. The lowest BCUT2D eigenvalue weighted by molar-refractivity contribution is 0.281. The molecule has 2 atom stereocenters. The summed E-state index contributed by atoms with van der Waals surface area (Å²) >= 11 is 5.86. The Kier molecular flexibility index (Phi) is 6.45. The van der Waals surface area contributed by atoms with Crippen LogP contribution in [0.3, 0.4) is 0 Å². The summed E-state index contributed by atoms with van der Waals surface area (Å²) in [5, 5.41) is 9.50. The van der Waals surface area contributed by atoms with Gasteiger partial charge in [0.1, 0.15) is 0 Å². The van der Waals surface area contributed by atoms with E-state index in [-0.39, 0.29) is 17.5 Å². The third kappa shape index (κ3) is 4.74. The lowest BCUT2D eigenvalue weighted by atomic mass is 10.0. The van der Waals surface area contributed by atoms with Gasteiger partial charge in [0.15, 0.2) is 0 Å². The van der Waals surface area contributed by atoms with Crippen molar-refractivity contribution in [2.75, 3.05) is 0 Å². The first-order chi connectivity index (χ1) is 9.30. The van der Waals surface area contributed by atoms with Crippen molar-refractivity contribution in [3.63, 3.8) is 0 Å². The van der Waals surface area contributed by atoms with Crippen LogP contribution in [0.5, 0.6) is 0 Å². The van der Waals surface area contributed by atoms with Gasteiger partial charge in [-0.2, -0.15) is 0 Å². The van der Waals surface area contributed by atoms with Gasteiger partial charge in [-0.05, 0) is 43.0 Å². The Bertz CT molecular complexity index is 545. The van der Waals surface area contributed by atoms with Gasteiger partial charge in [0.25, 0.3) is 0 Å². The summed E-state index contributed by atoms with van der Waals surface area (Å²) in [7, 11) is -3.58. The number of aliphatic hydroxyl groups excluding tert-OH is 1. The van der Waals surface area contributed by atoms with Gasteiger partial charge in [0.2, 0.25) is 10.0 Å². The van der Waals surface area contributed by atoms with Gasteiger partial charge >= 0.3 is 0 Å². The van der Waals surface area contributed by atoms with E-state index in [1.165, 1.54) is 18.2 Å². The molecule has 0 saturated heterocycles. The molecule has 0 aliphatic carbocycles. The molecule has 20 heavy (non-hydrogen) atoms. The largest absolute Gasteiger partial charge is 0.392 e. The Morgan fingerprint density at radius 2 is 2.00 bits per heavy atom. The maximum Gasteiger partial charge on any atom is 0.240 e. The Morgan fingerprint density at radius 3 is 2.55 bits per heavy atom. The molecule has 0 heterocycles. The van der Waals surface area contributed by atoms with Crippen LogP contribution >= 0.6 is 11.6 Å². The van der Waals surface area contributed by atoms with Crippen molar-refractivity contribution in [3.8, 4) is 0 Å². The number of halogens is 1. The molecule has 0 amide bonds. The zero-order valence-corrected chi connectivity index (χ0v) is 13.6. The van der Waals surface area contributed by atoms with E-state index in [4.69, 9.17) is 16.7 Å². The number of aliphatic hydroxyl groups is 1. The van der Waals surface area contributed by atoms with Crippen LogP contribution in [-0.2, 0) is 16.6 Å². The molecule has 4 nitrogen and oxygen atoms in total. The Hall–Kier alpha value is -0.620. The number of hydrogen-bond donors (Lipinski definition) is 2. The summed E-state index contributed by atoms with van der Waals surface area (Å²) in [6.07, 6.45) is 1.80. The molecule has 1 aromatic carbocycles. The van der Waals surface area contributed by atoms with E-state index in [2.05, 4.69) is 18.6 Å². The molecule has 0 spiro atoms. The molecule has 0 aromatic heterocycles. The zero-order valence-electron chi connectivity index (χ0n) is 12.1. The zero-order chi connectivity index (χ0) is 15.3. The van der Waals surface area contributed by atoms with Crippen molar-refractivity contribution in [3.05, 3.63) is 28.8 Å². The fraction of sp³-hybridized carbons (Fsp3) is 0.571. The second-order valence-corrected chi connectivity index (χ2v) is 7.30. The van der Waals surface area contributed by atoms with Crippen LogP contribution in [-0.4, -0.2) is 19.6 Å². The summed E-state index contributed by atoms with van der Waals surface area (Å²) in [4.78, 5) is 0.127. The first-order valence-corrected chi connectivity index (χ1v) is 8.57. The van der Waals surface area contributed by atoms with Crippen LogP contribution in [0.2, 0.25) is 5.02 Å². The molecular weight excluding hydrogens is 298 g/mol. The second kappa shape index (κ2) is 7.41. The van der Waals surface area contributed by atoms with Crippen LogP contribution in [0, 0.1) is 5.92 Å². The van der Waals surface area contributed by atoms with Gasteiger partial charge < -0.3 is 5.11 Å². The van der Waals surface area contributed by atoms with Crippen LogP contribution in [0.25, 0.3) is 0 Å². The molecule has 0 aliphatic rings. The number of rotatable bonds is 7. The molecule has 0 bridgehead atoms. The van der Waals surface area contributed by atoms with Gasteiger partial charge in [-0.25, -0.2) is 13.1 Å². The van der Waals surface area contributed by atoms with E-state index in [9.17, 15) is 8.42 Å². The highest BCUT2D eigenvalue weighted by Gasteiger charge is 2.19. The predicted octanol–water partition coefficient (Wildman–Crippen LogP) is 2.94. The molecule has 2 N–H and O–H groups in total. The SMILES string of the molecule is CCC(C)CC(C)NS(=O)(=O)c1ccc(Cl)c(CO)c1. The number of hydrogen-bond acceptors (Lipinski definition) is 3. The van der Waals surface area contributed by atoms with Gasteiger partial charge in [-0.1, -0.05) is 31.9 Å². The average Bonchev–Trinajstić information content (AvgIpc) is 2.37. The summed E-state index contributed by atoms with van der Waals surface area (Å²) in [6, 6.07) is 4.20. The molecule has 6 heteroatoms. The van der Waals surface area contributed by atoms with E-state index in [1.807, 2.05) is 6.92 Å². The van der Waals surface area contributed by atoms with E-state index in [1.54, 1.807) is 0 Å². The van der Waals surface area contributed by atoms with Crippen molar-refractivity contribution >= 4 is 21.6 Å². The smallest absolute Gasteiger partial charge is 0.240 e. The van der Waals surface area contributed by atoms with Crippen molar-refractivity contribution in [2.24, 2.45) is 5.92 Å². The minimum atomic E-state index is -3.58. The third-order valence-electron chi connectivity index (χ3n) is 3.31. The number of benzene rings is 1. The van der Waals surface area contributed by atoms with Gasteiger partial charge in [-0.3, -0.25) is 0 Å². The van der Waals surface area contributed by atoms with E-state index >= 15 is 0 Å². The lowest BCUT2D eigenvalue weighted by Crippen LogP contribution is -2.33. The Labute approximate surface area is 126 Å². The first-order valence-electron chi connectivity index (χ1n) is 6.71. The van der Waals surface area contributed by atoms with E-state index < -0.39 is 10.0 Å². The van der Waals surface area contributed by atoms with Crippen LogP contribution in [0.1, 0.15) is 39.2 Å². The number of sulfonamides is 1. The summed E-state index contributed by atoms with van der Waals surface area (Å²) < 4.78 is 27.2. The second-order valence-electron chi connectivity index (χ2n) is 5.18. The normalized spacial score (nSPS) is 15.1. The molecule has 1 rings (SSSR count). The fourth-order valence-corrected chi connectivity index (χ4v) is 3.47. The predicted molar refractivity (Wildman–Crippen MR) is 81.2 cm³/mol. The molecule has 0 aliphatic heterocycles. The third-order valence-corrected chi connectivity index (χ3v) is 5.26. The van der Waals surface area contributed by atoms with Crippen LogP contribution in [0.4, 0.5) is 0 Å². The molecule has 0 fully saturated rings. The van der Waals surface area contributed by atoms with Crippen molar-refractivity contribution in [1.29, 1.82) is 0 Å². The minimum absolute atomic E-state index is 0.127. The maximum absolute atomic E-state index is 12.3. The lowest BCUT2D eigenvalue weighted by Gasteiger charge is -2.18. The first kappa shape index (κ1) is 17.4. The maximum atomic E-state index is 12.3. The van der Waals surface area contributed by atoms with E-state index in [0.717, 1.165) is 12.8 Å². The molecule has 0 radical (unpaired) electrons. The van der Waals surface area contributed by atoms with Gasteiger partial charge in [-0.15, -0.1) is 0 Å².